The number of hydrogen-bond donors (Lipinski definition) is 0. The highest BCUT2D eigenvalue weighted by molar-refractivity contribution is 6.32. The van der Waals surface area contributed by atoms with Crippen molar-refractivity contribution in [1.29, 1.82) is 5.26 Å². The molecule has 0 aliphatic carbocycles. The van der Waals surface area contributed by atoms with Crippen molar-refractivity contribution in [2.75, 3.05) is 7.11 Å². The van der Waals surface area contributed by atoms with Gasteiger partial charge in [-0.3, -0.25) is 10.1 Å². The van der Waals surface area contributed by atoms with Crippen molar-refractivity contribution >= 4 is 17.3 Å². The van der Waals surface area contributed by atoms with E-state index in [1.807, 2.05) is 6.07 Å². The Bertz CT molecular complexity index is 440. The van der Waals surface area contributed by atoms with Gasteiger partial charge in [0.25, 0.3) is 5.69 Å². The second-order valence-electron chi connectivity index (χ2n) is 2.67. The van der Waals surface area contributed by atoms with Gasteiger partial charge in [0.15, 0.2) is 0 Å². The van der Waals surface area contributed by atoms with E-state index in [9.17, 15) is 10.1 Å². The van der Waals surface area contributed by atoms with Crippen molar-refractivity contribution < 1.29 is 9.66 Å². The first-order valence-corrected chi connectivity index (χ1v) is 4.36. The molecule has 6 heteroatoms. The molecule has 1 aromatic carbocycles. The van der Waals surface area contributed by atoms with E-state index in [4.69, 9.17) is 21.6 Å². The second kappa shape index (κ2) is 4.62. The lowest BCUT2D eigenvalue weighted by Gasteiger charge is -2.07. The zero-order valence-electron chi connectivity index (χ0n) is 7.86. The fraction of sp³-hybridized carbons (Fsp3) is 0.222. The Balaban J connectivity index is 3.43. The standard InChI is InChI=1S/C9H7ClN2O3/c1-15-9-6(4-5-11)8(12(13)14)3-2-7(9)10/h2-3H,4H2,1H3. The summed E-state index contributed by atoms with van der Waals surface area (Å²) >= 11 is 5.78. The molecular weight excluding hydrogens is 220 g/mol. The largest absolute Gasteiger partial charge is 0.495 e. The second-order valence-corrected chi connectivity index (χ2v) is 3.08. The Hall–Kier alpha value is -1.80. The van der Waals surface area contributed by atoms with E-state index in [0.717, 1.165) is 0 Å². The van der Waals surface area contributed by atoms with Crippen LogP contribution in [0.2, 0.25) is 5.02 Å². The number of nitro benzene ring substituents is 1. The van der Waals surface area contributed by atoms with Gasteiger partial charge in [-0.25, -0.2) is 0 Å². The number of nitrogens with zero attached hydrogens (tertiary/aromatic N) is 2. The maximum Gasteiger partial charge on any atom is 0.277 e. The highest BCUT2D eigenvalue weighted by atomic mass is 35.5. The molecule has 78 valence electrons. The molecule has 0 amide bonds. The normalized spacial score (nSPS) is 9.40. The predicted octanol–water partition coefficient (Wildman–Crippen LogP) is 2.32. The van der Waals surface area contributed by atoms with Crippen molar-refractivity contribution in [3.05, 3.63) is 32.8 Å². The number of hydrogen-bond acceptors (Lipinski definition) is 4. The average molecular weight is 227 g/mol. The zero-order chi connectivity index (χ0) is 11.4. The van der Waals surface area contributed by atoms with Crippen LogP contribution in [0.5, 0.6) is 5.75 Å². The highest BCUT2D eigenvalue weighted by Crippen LogP contribution is 2.35. The first kappa shape index (κ1) is 11.3. The van der Waals surface area contributed by atoms with E-state index in [1.54, 1.807) is 0 Å². The Morgan fingerprint density at radius 1 is 1.67 bits per heavy atom. The van der Waals surface area contributed by atoms with Crippen LogP contribution < -0.4 is 4.74 Å². The van der Waals surface area contributed by atoms with Crippen LogP contribution in [-0.2, 0) is 6.42 Å². The van der Waals surface area contributed by atoms with Gasteiger partial charge in [-0.05, 0) is 6.07 Å². The first-order valence-electron chi connectivity index (χ1n) is 3.98. The Labute approximate surface area is 91.0 Å². The number of nitro groups is 1. The molecule has 0 aliphatic rings. The van der Waals surface area contributed by atoms with Crippen LogP contribution in [0.25, 0.3) is 0 Å². The molecule has 0 spiro atoms. The summed E-state index contributed by atoms with van der Waals surface area (Å²) in [6.45, 7) is 0. The lowest BCUT2D eigenvalue weighted by atomic mass is 10.1. The summed E-state index contributed by atoms with van der Waals surface area (Å²) in [6, 6.07) is 4.47. The van der Waals surface area contributed by atoms with Crippen LogP contribution in [-0.4, -0.2) is 12.0 Å². The number of benzene rings is 1. The SMILES string of the molecule is COc1c(Cl)ccc([N+](=O)[O-])c1CC#N. The van der Waals surface area contributed by atoms with Crippen LogP contribution in [0.1, 0.15) is 5.56 Å². The fourth-order valence-corrected chi connectivity index (χ4v) is 1.48. The summed E-state index contributed by atoms with van der Waals surface area (Å²) in [6.07, 6.45) is -0.111. The van der Waals surface area contributed by atoms with E-state index in [1.165, 1.54) is 19.2 Å². The Morgan fingerprint density at radius 3 is 2.80 bits per heavy atom. The summed E-state index contributed by atoms with van der Waals surface area (Å²) in [4.78, 5) is 10.1. The number of nitriles is 1. The molecule has 1 rings (SSSR count). The number of halogens is 1. The molecule has 0 aliphatic heterocycles. The molecule has 0 heterocycles. The molecule has 0 bridgehead atoms. The van der Waals surface area contributed by atoms with Gasteiger partial charge < -0.3 is 4.74 Å². The van der Waals surface area contributed by atoms with Crippen molar-refractivity contribution in [2.45, 2.75) is 6.42 Å². The van der Waals surface area contributed by atoms with Gasteiger partial charge in [0.1, 0.15) is 5.75 Å². The molecule has 0 fully saturated rings. The maximum absolute atomic E-state index is 10.7. The third-order valence-electron chi connectivity index (χ3n) is 1.84. The van der Waals surface area contributed by atoms with Crippen LogP contribution in [0.4, 0.5) is 5.69 Å². The molecule has 0 aromatic heterocycles. The smallest absolute Gasteiger partial charge is 0.277 e. The average Bonchev–Trinajstić information content (AvgIpc) is 2.18. The summed E-state index contributed by atoms with van der Waals surface area (Å²) in [5, 5.41) is 19.5. The molecule has 15 heavy (non-hydrogen) atoms. The third kappa shape index (κ3) is 2.17. The van der Waals surface area contributed by atoms with E-state index in [0.29, 0.717) is 0 Å². The van der Waals surface area contributed by atoms with Crippen LogP contribution in [0.3, 0.4) is 0 Å². The Kier molecular flexibility index (Phi) is 3.47. The maximum atomic E-state index is 10.7. The van der Waals surface area contributed by atoms with Crippen molar-refractivity contribution in [2.24, 2.45) is 0 Å². The van der Waals surface area contributed by atoms with Gasteiger partial charge in [0.2, 0.25) is 0 Å². The Morgan fingerprint density at radius 2 is 2.33 bits per heavy atom. The molecule has 0 N–H and O–H groups in total. The monoisotopic (exact) mass is 226 g/mol. The van der Waals surface area contributed by atoms with Gasteiger partial charge in [0, 0.05) is 6.07 Å². The number of methoxy groups -OCH3 is 1. The summed E-state index contributed by atoms with van der Waals surface area (Å²) < 4.78 is 4.93. The molecule has 0 radical (unpaired) electrons. The number of rotatable bonds is 3. The van der Waals surface area contributed by atoms with Crippen LogP contribution in [0.15, 0.2) is 12.1 Å². The van der Waals surface area contributed by atoms with Crippen molar-refractivity contribution in [3.63, 3.8) is 0 Å². The van der Waals surface area contributed by atoms with E-state index in [2.05, 4.69) is 0 Å². The van der Waals surface area contributed by atoms with Gasteiger partial charge in [-0.15, -0.1) is 0 Å². The lowest BCUT2D eigenvalue weighted by Crippen LogP contribution is -1.99. The quantitative estimate of drug-likeness (QED) is 0.585. The van der Waals surface area contributed by atoms with E-state index >= 15 is 0 Å². The van der Waals surface area contributed by atoms with Crippen LogP contribution >= 0.6 is 11.6 Å². The van der Waals surface area contributed by atoms with Crippen LogP contribution in [0, 0.1) is 21.4 Å². The van der Waals surface area contributed by atoms with Crippen molar-refractivity contribution in [3.8, 4) is 11.8 Å². The number of ether oxygens (including phenoxy) is 1. The molecule has 0 saturated carbocycles. The minimum absolute atomic E-state index is 0.111. The van der Waals surface area contributed by atoms with Gasteiger partial charge in [0.05, 0.1) is 35.1 Å². The zero-order valence-corrected chi connectivity index (χ0v) is 8.61. The van der Waals surface area contributed by atoms with Gasteiger partial charge in [-0.1, -0.05) is 11.6 Å². The van der Waals surface area contributed by atoms with Gasteiger partial charge >= 0.3 is 0 Å². The van der Waals surface area contributed by atoms with E-state index < -0.39 is 4.92 Å². The molecular formula is C9H7ClN2O3. The minimum Gasteiger partial charge on any atom is -0.495 e. The minimum atomic E-state index is -0.564. The predicted molar refractivity (Wildman–Crippen MR) is 54.0 cm³/mol. The highest BCUT2D eigenvalue weighted by Gasteiger charge is 2.20. The van der Waals surface area contributed by atoms with E-state index in [-0.39, 0.29) is 28.4 Å². The summed E-state index contributed by atoms with van der Waals surface area (Å²) in [5.41, 5.74) is 0.0512. The van der Waals surface area contributed by atoms with Crippen molar-refractivity contribution in [1.82, 2.24) is 0 Å². The third-order valence-corrected chi connectivity index (χ3v) is 2.14. The molecule has 0 unspecified atom stereocenters. The lowest BCUT2D eigenvalue weighted by molar-refractivity contribution is -0.385. The molecule has 1 aromatic rings. The summed E-state index contributed by atoms with van der Waals surface area (Å²) in [5.74, 6) is 0.187. The fourth-order valence-electron chi connectivity index (χ4n) is 1.23. The summed E-state index contributed by atoms with van der Waals surface area (Å²) in [7, 11) is 1.35. The topological polar surface area (TPSA) is 76.2 Å². The molecule has 5 nitrogen and oxygen atoms in total. The molecule has 0 atom stereocenters. The molecule has 0 saturated heterocycles. The van der Waals surface area contributed by atoms with Gasteiger partial charge in [-0.2, -0.15) is 5.26 Å². The first-order chi connectivity index (χ1) is 7.11.